The molecule has 1 atom stereocenters. The molecule has 0 fully saturated rings. The summed E-state index contributed by atoms with van der Waals surface area (Å²) in [7, 11) is 1.53. The van der Waals surface area contributed by atoms with Gasteiger partial charge in [-0.05, 0) is 13.0 Å². The molecule has 1 amide bonds. The number of amides is 1. The van der Waals surface area contributed by atoms with Crippen LogP contribution in [0, 0.1) is 0 Å². The summed E-state index contributed by atoms with van der Waals surface area (Å²) in [5.41, 5.74) is 6.75. The van der Waals surface area contributed by atoms with Crippen molar-refractivity contribution in [3.05, 3.63) is 12.1 Å². The molecular weight excluding hydrogens is 196 g/mol. The minimum absolute atomic E-state index is 0.174. The molecule has 1 aliphatic rings. The van der Waals surface area contributed by atoms with E-state index >= 15 is 0 Å². The minimum Gasteiger partial charge on any atom is -0.494 e. The number of methoxy groups -OCH3 is 1. The van der Waals surface area contributed by atoms with Gasteiger partial charge < -0.3 is 20.5 Å². The zero-order chi connectivity index (χ0) is 11.0. The number of carbonyl (C=O) groups excluding carboxylic acids is 1. The van der Waals surface area contributed by atoms with Crippen molar-refractivity contribution in [3.8, 4) is 11.5 Å². The first kappa shape index (κ1) is 9.64. The second-order valence-electron chi connectivity index (χ2n) is 3.34. The Balaban J connectivity index is 2.45. The molecule has 1 aromatic carbocycles. The van der Waals surface area contributed by atoms with Crippen LogP contribution in [0.3, 0.4) is 0 Å². The average Bonchev–Trinajstić information content (AvgIpc) is 2.20. The van der Waals surface area contributed by atoms with Crippen molar-refractivity contribution in [2.24, 2.45) is 0 Å². The highest BCUT2D eigenvalue weighted by atomic mass is 16.5. The van der Waals surface area contributed by atoms with Gasteiger partial charge in [0, 0.05) is 6.07 Å². The number of hydrogen-bond donors (Lipinski definition) is 2. The zero-order valence-electron chi connectivity index (χ0n) is 8.53. The molecule has 2 rings (SSSR count). The lowest BCUT2D eigenvalue weighted by molar-refractivity contribution is -0.122. The number of nitrogens with two attached hydrogens (primary N) is 1. The van der Waals surface area contributed by atoms with Crippen LogP contribution in [0.5, 0.6) is 11.5 Å². The van der Waals surface area contributed by atoms with Crippen molar-refractivity contribution in [3.63, 3.8) is 0 Å². The molecule has 5 heteroatoms. The number of fused-ring (bicyclic) bond motifs is 1. The Labute approximate surface area is 87.2 Å². The van der Waals surface area contributed by atoms with Crippen LogP contribution in [0.1, 0.15) is 6.92 Å². The van der Waals surface area contributed by atoms with Crippen molar-refractivity contribution >= 4 is 17.3 Å². The van der Waals surface area contributed by atoms with E-state index in [1.807, 2.05) is 0 Å². The van der Waals surface area contributed by atoms with Crippen LogP contribution < -0.4 is 20.5 Å². The fourth-order valence-electron chi connectivity index (χ4n) is 1.43. The summed E-state index contributed by atoms with van der Waals surface area (Å²) in [6.07, 6.45) is -0.495. The Morgan fingerprint density at radius 1 is 1.53 bits per heavy atom. The molecule has 1 aromatic rings. The average molecular weight is 208 g/mol. The molecule has 0 spiro atoms. The number of anilines is 2. The number of benzene rings is 1. The smallest absolute Gasteiger partial charge is 0.265 e. The fourth-order valence-corrected chi connectivity index (χ4v) is 1.43. The number of nitrogens with one attached hydrogen (secondary N) is 1. The van der Waals surface area contributed by atoms with E-state index in [0.717, 1.165) is 0 Å². The van der Waals surface area contributed by atoms with Gasteiger partial charge in [-0.1, -0.05) is 0 Å². The number of nitrogen functional groups attached to an aromatic ring is 1. The summed E-state index contributed by atoms with van der Waals surface area (Å²) >= 11 is 0. The second-order valence-corrected chi connectivity index (χ2v) is 3.34. The first-order valence-electron chi connectivity index (χ1n) is 4.57. The lowest BCUT2D eigenvalue weighted by atomic mass is 10.2. The Bertz CT molecular complexity index is 417. The topological polar surface area (TPSA) is 73.6 Å². The molecule has 0 radical (unpaired) electrons. The molecule has 0 aliphatic carbocycles. The molecule has 0 saturated heterocycles. The van der Waals surface area contributed by atoms with Crippen molar-refractivity contribution in [2.75, 3.05) is 18.2 Å². The van der Waals surface area contributed by atoms with Crippen molar-refractivity contribution in [1.29, 1.82) is 0 Å². The SMILES string of the molecule is COc1cc2c(cc1N)NC(=O)C(C)O2. The number of carbonyl (C=O) groups is 1. The molecule has 1 unspecified atom stereocenters. The maximum atomic E-state index is 11.3. The van der Waals surface area contributed by atoms with Gasteiger partial charge in [0.25, 0.3) is 5.91 Å². The molecule has 80 valence electrons. The molecule has 5 nitrogen and oxygen atoms in total. The van der Waals surface area contributed by atoms with Gasteiger partial charge in [-0.15, -0.1) is 0 Å². The highest BCUT2D eigenvalue weighted by molar-refractivity contribution is 5.98. The standard InChI is InChI=1S/C10H12N2O3/c1-5-10(13)12-7-3-6(11)8(14-2)4-9(7)15-5/h3-5H,11H2,1-2H3,(H,12,13). The Kier molecular flexibility index (Phi) is 2.15. The molecule has 0 saturated carbocycles. The monoisotopic (exact) mass is 208 g/mol. The van der Waals surface area contributed by atoms with Crippen LogP contribution in [0.25, 0.3) is 0 Å². The predicted molar refractivity (Wildman–Crippen MR) is 56.1 cm³/mol. The lowest BCUT2D eigenvalue weighted by Crippen LogP contribution is -2.34. The van der Waals surface area contributed by atoms with Gasteiger partial charge in [0.1, 0.15) is 11.5 Å². The normalized spacial score (nSPS) is 18.8. The quantitative estimate of drug-likeness (QED) is 0.675. The van der Waals surface area contributed by atoms with Crippen molar-refractivity contribution in [2.45, 2.75) is 13.0 Å². The van der Waals surface area contributed by atoms with Crippen LogP contribution in [0.15, 0.2) is 12.1 Å². The largest absolute Gasteiger partial charge is 0.494 e. The summed E-state index contributed by atoms with van der Waals surface area (Å²) in [5.74, 6) is 0.942. The predicted octanol–water partition coefficient (Wildman–Crippen LogP) is 0.997. The summed E-state index contributed by atoms with van der Waals surface area (Å²) in [4.78, 5) is 11.3. The van der Waals surface area contributed by atoms with Gasteiger partial charge in [0.05, 0.1) is 18.5 Å². The van der Waals surface area contributed by atoms with Crippen LogP contribution >= 0.6 is 0 Å². The van der Waals surface area contributed by atoms with E-state index in [2.05, 4.69) is 5.32 Å². The highest BCUT2D eigenvalue weighted by Crippen LogP contribution is 2.37. The zero-order valence-corrected chi connectivity index (χ0v) is 8.53. The van der Waals surface area contributed by atoms with Gasteiger partial charge in [0.2, 0.25) is 0 Å². The Morgan fingerprint density at radius 3 is 2.93 bits per heavy atom. The van der Waals surface area contributed by atoms with Gasteiger partial charge in [-0.3, -0.25) is 4.79 Å². The first-order valence-corrected chi connectivity index (χ1v) is 4.57. The third-order valence-corrected chi connectivity index (χ3v) is 2.26. The van der Waals surface area contributed by atoms with E-state index in [0.29, 0.717) is 22.9 Å². The van der Waals surface area contributed by atoms with E-state index < -0.39 is 6.10 Å². The van der Waals surface area contributed by atoms with Gasteiger partial charge in [-0.25, -0.2) is 0 Å². The molecule has 0 aromatic heterocycles. The summed E-state index contributed by atoms with van der Waals surface area (Å²) in [5, 5.41) is 2.70. The number of ether oxygens (including phenoxy) is 2. The van der Waals surface area contributed by atoms with E-state index in [4.69, 9.17) is 15.2 Å². The molecule has 1 heterocycles. The fraction of sp³-hybridized carbons (Fsp3) is 0.300. The van der Waals surface area contributed by atoms with Crippen LogP contribution in [0.4, 0.5) is 11.4 Å². The van der Waals surface area contributed by atoms with Gasteiger partial charge >= 0.3 is 0 Å². The van der Waals surface area contributed by atoms with Gasteiger partial charge in [-0.2, -0.15) is 0 Å². The van der Waals surface area contributed by atoms with E-state index in [1.54, 1.807) is 19.1 Å². The van der Waals surface area contributed by atoms with Gasteiger partial charge in [0.15, 0.2) is 6.10 Å². The minimum atomic E-state index is -0.495. The molecule has 15 heavy (non-hydrogen) atoms. The molecule has 1 aliphatic heterocycles. The van der Waals surface area contributed by atoms with Crippen LogP contribution in [0.2, 0.25) is 0 Å². The van der Waals surface area contributed by atoms with E-state index in [-0.39, 0.29) is 5.91 Å². The maximum absolute atomic E-state index is 11.3. The van der Waals surface area contributed by atoms with Crippen molar-refractivity contribution < 1.29 is 14.3 Å². The number of rotatable bonds is 1. The molecule has 3 N–H and O–H groups in total. The van der Waals surface area contributed by atoms with Crippen LogP contribution in [-0.2, 0) is 4.79 Å². The summed E-state index contributed by atoms with van der Waals surface area (Å²) < 4.78 is 10.4. The van der Waals surface area contributed by atoms with Crippen molar-refractivity contribution in [1.82, 2.24) is 0 Å². The van der Waals surface area contributed by atoms with E-state index in [9.17, 15) is 4.79 Å². The Morgan fingerprint density at radius 2 is 2.27 bits per heavy atom. The second kappa shape index (κ2) is 3.34. The molecular formula is C10H12N2O3. The molecule has 0 bridgehead atoms. The highest BCUT2D eigenvalue weighted by Gasteiger charge is 2.24. The third kappa shape index (κ3) is 1.56. The number of hydrogen-bond acceptors (Lipinski definition) is 4. The first-order chi connectivity index (χ1) is 7.11. The maximum Gasteiger partial charge on any atom is 0.265 e. The summed E-state index contributed by atoms with van der Waals surface area (Å²) in [6, 6.07) is 3.29. The Hall–Kier alpha value is -1.91. The third-order valence-electron chi connectivity index (χ3n) is 2.26. The van der Waals surface area contributed by atoms with E-state index in [1.165, 1.54) is 7.11 Å². The van der Waals surface area contributed by atoms with Crippen LogP contribution in [-0.4, -0.2) is 19.1 Å². The summed E-state index contributed by atoms with van der Waals surface area (Å²) in [6.45, 7) is 1.68. The lowest BCUT2D eigenvalue weighted by Gasteiger charge is -2.24.